The van der Waals surface area contributed by atoms with Crippen molar-refractivity contribution in [2.45, 2.75) is 57.1 Å². The summed E-state index contributed by atoms with van der Waals surface area (Å²) in [7, 11) is 0. The van der Waals surface area contributed by atoms with Gasteiger partial charge in [-0.25, -0.2) is 0 Å². The van der Waals surface area contributed by atoms with Gasteiger partial charge in [0.2, 0.25) is 0 Å². The van der Waals surface area contributed by atoms with Crippen LogP contribution in [0.25, 0.3) is 10.4 Å². The third kappa shape index (κ3) is 8.50. The standard InChI is InChI=1S/C34H35N3O5/c35-37-36-21-30-31(38-22-26-13-5-1-6-14-26)32(39-23-27-15-7-2-8-16-27)33(40-24-28-17-9-3-10-18-28)34(42-30)41-25-29-19-11-4-12-20-29/h1-20,30-34H,21-25H2. The van der Waals surface area contributed by atoms with Crippen molar-refractivity contribution in [3.05, 3.63) is 154 Å². The second kappa shape index (κ2) is 15.8. The lowest BCUT2D eigenvalue weighted by atomic mass is 9.97. The van der Waals surface area contributed by atoms with Gasteiger partial charge < -0.3 is 23.7 Å². The fourth-order valence-electron chi connectivity index (χ4n) is 4.90. The minimum Gasteiger partial charge on any atom is -0.368 e. The molecule has 1 saturated heterocycles. The van der Waals surface area contributed by atoms with E-state index in [1.165, 1.54) is 0 Å². The quantitative estimate of drug-likeness (QED) is 0.0933. The molecular formula is C34H35N3O5. The molecule has 5 unspecified atom stereocenters. The van der Waals surface area contributed by atoms with Crippen molar-refractivity contribution in [2.24, 2.45) is 5.11 Å². The molecule has 0 aliphatic carbocycles. The summed E-state index contributed by atoms with van der Waals surface area (Å²) in [6.45, 7) is 1.36. The Morgan fingerprint density at radius 1 is 0.524 bits per heavy atom. The number of ether oxygens (including phenoxy) is 5. The average Bonchev–Trinajstić information content (AvgIpc) is 3.06. The zero-order valence-corrected chi connectivity index (χ0v) is 23.4. The predicted octanol–water partition coefficient (Wildman–Crippen LogP) is 6.99. The molecule has 1 aliphatic heterocycles. The Kier molecular flexibility index (Phi) is 11.1. The first-order valence-corrected chi connectivity index (χ1v) is 14.1. The first-order chi connectivity index (χ1) is 20.8. The lowest BCUT2D eigenvalue weighted by Crippen LogP contribution is -2.61. The van der Waals surface area contributed by atoms with Crippen molar-refractivity contribution in [3.63, 3.8) is 0 Å². The van der Waals surface area contributed by atoms with Crippen molar-refractivity contribution in [2.75, 3.05) is 6.54 Å². The van der Waals surface area contributed by atoms with Crippen LogP contribution in [0.3, 0.4) is 0 Å². The Bertz CT molecular complexity index is 1370. The third-order valence-electron chi connectivity index (χ3n) is 7.03. The van der Waals surface area contributed by atoms with Crippen LogP contribution in [0.15, 0.2) is 126 Å². The molecular weight excluding hydrogens is 530 g/mol. The van der Waals surface area contributed by atoms with Crippen molar-refractivity contribution >= 4 is 0 Å². The zero-order valence-electron chi connectivity index (χ0n) is 23.4. The summed E-state index contributed by atoms with van der Waals surface area (Å²) in [5.74, 6) is 0. The highest BCUT2D eigenvalue weighted by atomic mass is 16.7. The van der Waals surface area contributed by atoms with Crippen LogP contribution in [0, 0.1) is 0 Å². The van der Waals surface area contributed by atoms with E-state index in [9.17, 15) is 0 Å². The molecule has 42 heavy (non-hydrogen) atoms. The van der Waals surface area contributed by atoms with E-state index in [2.05, 4.69) is 10.0 Å². The molecule has 0 radical (unpaired) electrons. The third-order valence-corrected chi connectivity index (χ3v) is 7.03. The maximum atomic E-state index is 9.16. The SMILES string of the molecule is [N-]=[N+]=NCC1OC(OCc2ccccc2)C(OCc2ccccc2)C(OCc2ccccc2)C1OCc1ccccc1. The van der Waals surface area contributed by atoms with Crippen molar-refractivity contribution < 1.29 is 23.7 Å². The van der Waals surface area contributed by atoms with Crippen LogP contribution in [0.4, 0.5) is 0 Å². The van der Waals surface area contributed by atoms with Gasteiger partial charge >= 0.3 is 0 Å². The van der Waals surface area contributed by atoms with E-state index >= 15 is 0 Å². The molecule has 1 fully saturated rings. The average molecular weight is 566 g/mol. The van der Waals surface area contributed by atoms with Gasteiger partial charge in [0.1, 0.15) is 18.3 Å². The molecule has 5 atom stereocenters. The van der Waals surface area contributed by atoms with E-state index in [4.69, 9.17) is 29.2 Å². The predicted molar refractivity (Wildman–Crippen MR) is 159 cm³/mol. The van der Waals surface area contributed by atoms with Crippen LogP contribution in [-0.2, 0) is 50.1 Å². The maximum Gasteiger partial charge on any atom is 0.187 e. The first-order valence-electron chi connectivity index (χ1n) is 14.1. The molecule has 0 aromatic heterocycles. The lowest BCUT2D eigenvalue weighted by Gasteiger charge is -2.45. The van der Waals surface area contributed by atoms with E-state index in [-0.39, 0.29) is 6.54 Å². The van der Waals surface area contributed by atoms with Gasteiger partial charge in [-0.3, -0.25) is 0 Å². The topological polar surface area (TPSA) is 94.9 Å². The van der Waals surface area contributed by atoms with Gasteiger partial charge in [0.05, 0.1) is 39.1 Å². The lowest BCUT2D eigenvalue weighted by molar-refractivity contribution is -0.323. The minimum absolute atomic E-state index is 0.0533. The van der Waals surface area contributed by atoms with E-state index in [0.717, 1.165) is 22.3 Å². The van der Waals surface area contributed by atoms with Gasteiger partial charge in [0, 0.05) is 4.91 Å². The molecule has 5 rings (SSSR count). The van der Waals surface area contributed by atoms with Crippen molar-refractivity contribution in [1.29, 1.82) is 0 Å². The number of hydrogen-bond donors (Lipinski definition) is 0. The van der Waals surface area contributed by atoms with Crippen LogP contribution in [0.1, 0.15) is 22.3 Å². The zero-order chi connectivity index (χ0) is 28.8. The molecule has 0 amide bonds. The monoisotopic (exact) mass is 565 g/mol. The molecule has 8 nitrogen and oxygen atoms in total. The van der Waals surface area contributed by atoms with Crippen LogP contribution in [0.2, 0.25) is 0 Å². The van der Waals surface area contributed by atoms with E-state index in [1.807, 2.05) is 121 Å². The highest BCUT2D eigenvalue weighted by molar-refractivity contribution is 5.16. The van der Waals surface area contributed by atoms with Gasteiger partial charge in [0.15, 0.2) is 6.29 Å². The Hall–Kier alpha value is -4.01. The molecule has 0 saturated carbocycles. The van der Waals surface area contributed by atoms with Gasteiger partial charge in [-0.2, -0.15) is 0 Å². The largest absolute Gasteiger partial charge is 0.368 e. The normalized spacial score (nSPS) is 21.9. The molecule has 1 aliphatic rings. The van der Waals surface area contributed by atoms with Crippen LogP contribution in [-0.4, -0.2) is 37.3 Å². The summed E-state index contributed by atoms with van der Waals surface area (Å²) < 4.78 is 32.5. The van der Waals surface area contributed by atoms with Crippen LogP contribution >= 0.6 is 0 Å². The molecule has 8 heteroatoms. The van der Waals surface area contributed by atoms with Gasteiger partial charge in [-0.15, -0.1) is 0 Å². The number of nitrogens with zero attached hydrogens (tertiary/aromatic N) is 3. The summed E-state index contributed by atoms with van der Waals surface area (Å²) in [6, 6.07) is 39.7. The molecule has 1 heterocycles. The second-order valence-electron chi connectivity index (χ2n) is 10.0. The summed E-state index contributed by atoms with van der Waals surface area (Å²) in [6.07, 6.45) is -3.25. The van der Waals surface area contributed by atoms with Crippen LogP contribution in [0.5, 0.6) is 0 Å². The van der Waals surface area contributed by atoms with E-state index in [1.54, 1.807) is 0 Å². The number of rotatable bonds is 14. The number of benzene rings is 4. The molecule has 4 aromatic rings. The van der Waals surface area contributed by atoms with Crippen molar-refractivity contribution in [3.8, 4) is 0 Å². The van der Waals surface area contributed by atoms with Gasteiger partial charge in [-0.05, 0) is 27.8 Å². The highest BCUT2D eigenvalue weighted by Crippen LogP contribution is 2.32. The molecule has 0 bridgehead atoms. The van der Waals surface area contributed by atoms with E-state index in [0.29, 0.717) is 26.4 Å². The summed E-state index contributed by atoms with van der Waals surface area (Å²) in [4.78, 5) is 2.99. The van der Waals surface area contributed by atoms with Crippen LogP contribution < -0.4 is 0 Å². The Morgan fingerprint density at radius 2 is 0.905 bits per heavy atom. The minimum atomic E-state index is -0.801. The molecule has 4 aromatic carbocycles. The molecule has 216 valence electrons. The fourth-order valence-corrected chi connectivity index (χ4v) is 4.90. The van der Waals surface area contributed by atoms with Gasteiger partial charge in [-0.1, -0.05) is 126 Å². The first kappa shape index (κ1) is 29.5. The summed E-state index contributed by atoms with van der Waals surface area (Å²) >= 11 is 0. The summed E-state index contributed by atoms with van der Waals surface area (Å²) in [5.41, 5.74) is 13.2. The Morgan fingerprint density at radius 3 is 1.33 bits per heavy atom. The summed E-state index contributed by atoms with van der Waals surface area (Å²) in [5, 5.41) is 3.85. The van der Waals surface area contributed by atoms with Crippen molar-refractivity contribution in [1.82, 2.24) is 0 Å². The Labute approximate surface area is 246 Å². The van der Waals surface area contributed by atoms with Gasteiger partial charge in [0.25, 0.3) is 0 Å². The number of hydrogen-bond acceptors (Lipinski definition) is 6. The maximum absolute atomic E-state index is 9.16. The Balaban J connectivity index is 1.45. The number of azide groups is 1. The second-order valence-corrected chi connectivity index (χ2v) is 10.0. The van der Waals surface area contributed by atoms with E-state index < -0.39 is 30.7 Å². The molecule has 0 spiro atoms. The fraction of sp³-hybridized carbons (Fsp3) is 0.294. The highest BCUT2D eigenvalue weighted by Gasteiger charge is 2.48. The smallest absolute Gasteiger partial charge is 0.187 e. The molecule has 0 N–H and O–H groups in total.